The second kappa shape index (κ2) is 4.89. The molecule has 0 bridgehead atoms. The van der Waals surface area contributed by atoms with Crippen molar-refractivity contribution < 1.29 is 0 Å². The van der Waals surface area contributed by atoms with Crippen molar-refractivity contribution >= 4 is 40.0 Å². The number of anilines is 1. The van der Waals surface area contributed by atoms with Crippen LogP contribution in [0.2, 0.25) is 5.02 Å². The van der Waals surface area contributed by atoms with Crippen LogP contribution in [0.5, 0.6) is 0 Å². The molecule has 1 aliphatic heterocycles. The second-order valence-electron chi connectivity index (χ2n) is 5.27. The van der Waals surface area contributed by atoms with Crippen LogP contribution < -0.4 is 10.6 Å². The summed E-state index contributed by atoms with van der Waals surface area (Å²) < 4.78 is 8.70. The van der Waals surface area contributed by atoms with E-state index in [0.29, 0.717) is 12.0 Å². The summed E-state index contributed by atoms with van der Waals surface area (Å²) in [6, 6.07) is 4.45. The molecule has 1 aliphatic rings. The van der Waals surface area contributed by atoms with E-state index in [1.807, 2.05) is 12.1 Å². The van der Waals surface area contributed by atoms with Gasteiger partial charge in [-0.3, -0.25) is 0 Å². The fourth-order valence-corrected chi connectivity index (χ4v) is 3.60. The van der Waals surface area contributed by atoms with Gasteiger partial charge in [0.15, 0.2) is 0 Å². The number of benzene rings is 1. The molecule has 0 radical (unpaired) electrons. The van der Waals surface area contributed by atoms with Crippen LogP contribution >= 0.6 is 23.3 Å². The highest BCUT2D eigenvalue weighted by Gasteiger charge is 2.32. The van der Waals surface area contributed by atoms with Crippen molar-refractivity contribution in [3.8, 4) is 0 Å². The van der Waals surface area contributed by atoms with Crippen molar-refractivity contribution in [1.82, 2.24) is 8.75 Å². The standard InChI is InChI=1S/C13H17ClN4S/c1-7-8(2)18(6-5-10(7)15)13-9(14)3-4-11-12(13)17-19-16-11/h3-4,7-8,10H,5-6,15H2,1-2H3. The van der Waals surface area contributed by atoms with Gasteiger partial charge in [-0.15, -0.1) is 0 Å². The van der Waals surface area contributed by atoms with E-state index in [1.165, 1.54) is 11.7 Å². The Hall–Kier alpha value is -0.910. The van der Waals surface area contributed by atoms with Gasteiger partial charge in [-0.25, -0.2) is 0 Å². The Bertz CT molecular complexity index is 599. The summed E-state index contributed by atoms with van der Waals surface area (Å²) in [4.78, 5) is 2.33. The Kier molecular flexibility index (Phi) is 3.37. The van der Waals surface area contributed by atoms with E-state index in [2.05, 4.69) is 27.5 Å². The Morgan fingerprint density at radius 3 is 2.95 bits per heavy atom. The topological polar surface area (TPSA) is 55.0 Å². The van der Waals surface area contributed by atoms with Gasteiger partial charge in [0, 0.05) is 18.6 Å². The van der Waals surface area contributed by atoms with Gasteiger partial charge in [-0.2, -0.15) is 8.75 Å². The number of fused-ring (bicyclic) bond motifs is 1. The number of nitrogens with zero attached hydrogens (tertiary/aromatic N) is 3. The first-order valence-electron chi connectivity index (χ1n) is 6.52. The molecule has 2 N–H and O–H groups in total. The summed E-state index contributed by atoms with van der Waals surface area (Å²) in [7, 11) is 0. The van der Waals surface area contributed by atoms with Crippen LogP contribution in [0.4, 0.5) is 5.69 Å². The minimum atomic E-state index is 0.262. The molecular formula is C13H17ClN4S. The fourth-order valence-electron chi connectivity index (χ4n) is 2.80. The fraction of sp³-hybridized carbons (Fsp3) is 0.538. The van der Waals surface area contributed by atoms with Gasteiger partial charge in [-0.05, 0) is 31.4 Å². The summed E-state index contributed by atoms with van der Waals surface area (Å²) in [5.41, 5.74) is 8.99. The van der Waals surface area contributed by atoms with E-state index in [1.54, 1.807) is 0 Å². The van der Waals surface area contributed by atoms with Crippen molar-refractivity contribution in [2.24, 2.45) is 11.7 Å². The number of halogens is 1. The Morgan fingerprint density at radius 2 is 2.16 bits per heavy atom. The SMILES string of the molecule is CC1C(N)CCN(c2c(Cl)ccc3nsnc23)C1C. The van der Waals surface area contributed by atoms with Gasteiger partial charge >= 0.3 is 0 Å². The number of hydrogen-bond acceptors (Lipinski definition) is 5. The van der Waals surface area contributed by atoms with Crippen LogP contribution in [0.1, 0.15) is 20.3 Å². The molecule has 3 atom stereocenters. The van der Waals surface area contributed by atoms with Crippen LogP contribution in [-0.4, -0.2) is 27.4 Å². The van der Waals surface area contributed by atoms with E-state index in [4.69, 9.17) is 17.3 Å². The third-order valence-electron chi connectivity index (χ3n) is 4.27. The zero-order valence-electron chi connectivity index (χ0n) is 11.0. The first-order chi connectivity index (χ1) is 9.09. The molecule has 3 rings (SSSR count). The molecule has 19 heavy (non-hydrogen) atoms. The number of aromatic nitrogens is 2. The molecule has 0 spiro atoms. The van der Waals surface area contributed by atoms with Crippen molar-refractivity contribution in [3.05, 3.63) is 17.2 Å². The van der Waals surface area contributed by atoms with Crippen LogP contribution in [0, 0.1) is 5.92 Å². The third-order valence-corrected chi connectivity index (χ3v) is 5.12. The highest BCUT2D eigenvalue weighted by atomic mass is 35.5. The number of nitrogens with two attached hydrogens (primary N) is 1. The summed E-state index contributed by atoms with van der Waals surface area (Å²) in [6.45, 7) is 5.33. The van der Waals surface area contributed by atoms with Crippen molar-refractivity contribution in [2.75, 3.05) is 11.4 Å². The molecule has 1 aromatic carbocycles. The van der Waals surface area contributed by atoms with Gasteiger partial charge in [0.05, 0.1) is 22.4 Å². The molecule has 102 valence electrons. The first kappa shape index (κ1) is 13.1. The average molecular weight is 297 g/mol. The molecule has 1 aromatic heterocycles. The van der Waals surface area contributed by atoms with Crippen LogP contribution in [-0.2, 0) is 0 Å². The lowest BCUT2D eigenvalue weighted by atomic mass is 9.87. The van der Waals surface area contributed by atoms with E-state index in [-0.39, 0.29) is 6.04 Å². The van der Waals surface area contributed by atoms with E-state index in [0.717, 1.165) is 34.7 Å². The highest BCUT2D eigenvalue weighted by Crippen LogP contribution is 2.37. The summed E-state index contributed by atoms with van der Waals surface area (Å²) in [6.07, 6.45) is 0.982. The minimum absolute atomic E-state index is 0.262. The van der Waals surface area contributed by atoms with Crippen molar-refractivity contribution in [3.63, 3.8) is 0 Å². The van der Waals surface area contributed by atoms with Crippen molar-refractivity contribution in [2.45, 2.75) is 32.4 Å². The quantitative estimate of drug-likeness (QED) is 0.879. The Labute approximate surface area is 121 Å². The molecule has 6 heteroatoms. The maximum atomic E-state index is 6.41. The Balaban J connectivity index is 2.08. The molecular weight excluding hydrogens is 280 g/mol. The van der Waals surface area contributed by atoms with Gasteiger partial charge in [0.2, 0.25) is 0 Å². The monoisotopic (exact) mass is 296 g/mol. The molecule has 4 nitrogen and oxygen atoms in total. The maximum Gasteiger partial charge on any atom is 0.129 e. The lowest BCUT2D eigenvalue weighted by molar-refractivity contribution is 0.316. The molecule has 3 unspecified atom stereocenters. The van der Waals surface area contributed by atoms with E-state index < -0.39 is 0 Å². The minimum Gasteiger partial charge on any atom is -0.365 e. The Morgan fingerprint density at radius 1 is 1.37 bits per heavy atom. The molecule has 0 aliphatic carbocycles. The molecule has 0 amide bonds. The maximum absolute atomic E-state index is 6.41. The highest BCUT2D eigenvalue weighted by molar-refractivity contribution is 7.00. The van der Waals surface area contributed by atoms with Gasteiger partial charge in [-0.1, -0.05) is 18.5 Å². The number of rotatable bonds is 1. The zero-order chi connectivity index (χ0) is 13.6. The second-order valence-corrected chi connectivity index (χ2v) is 6.21. The predicted molar refractivity (Wildman–Crippen MR) is 81.0 cm³/mol. The molecule has 0 saturated carbocycles. The van der Waals surface area contributed by atoms with Gasteiger partial charge in [0.1, 0.15) is 11.0 Å². The molecule has 1 saturated heterocycles. The van der Waals surface area contributed by atoms with Gasteiger partial charge < -0.3 is 10.6 Å². The lowest BCUT2D eigenvalue weighted by Gasteiger charge is -2.43. The molecule has 2 aromatic rings. The molecule has 2 heterocycles. The van der Waals surface area contributed by atoms with Crippen LogP contribution in [0.25, 0.3) is 11.0 Å². The zero-order valence-corrected chi connectivity index (χ0v) is 12.6. The number of piperidine rings is 1. The molecule has 1 fully saturated rings. The van der Waals surface area contributed by atoms with Gasteiger partial charge in [0.25, 0.3) is 0 Å². The number of hydrogen-bond donors (Lipinski definition) is 1. The average Bonchev–Trinajstić information content (AvgIpc) is 2.86. The van der Waals surface area contributed by atoms with Crippen LogP contribution in [0.15, 0.2) is 12.1 Å². The van der Waals surface area contributed by atoms with E-state index >= 15 is 0 Å². The largest absolute Gasteiger partial charge is 0.365 e. The summed E-state index contributed by atoms with van der Waals surface area (Å²) in [5, 5.41) is 0.745. The normalized spacial score (nSPS) is 28.0. The third kappa shape index (κ3) is 2.10. The summed E-state index contributed by atoms with van der Waals surface area (Å²) >= 11 is 7.64. The van der Waals surface area contributed by atoms with Crippen LogP contribution in [0.3, 0.4) is 0 Å². The van der Waals surface area contributed by atoms with Crippen molar-refractivity contribution in [1.29, 1.82) is 0 Å². The smallest absolute Gasteiger partial charge is 0.129 e. The van der Waals surface area contributed by atoms with E-state index in [9.17, 15) is 0 Å². The predicted octanol–water partition coefficient (Wildman–Crippen LogP) is 2.91. The first-order valence-corrected chi connectivity index (χ1v) is 7.63. The summed E-state index contributed by atoms with van der Waals surface area (Å²) in [5.74, 6) is 0.437. The lowest BCUT2D eigenvalue weighted by Crippen LogP contribution is -2.52.